The number of nitrogens with one attached hydrogen (secondary N) is 1. The molecule has 4 rings (SSSR count). The lowest BCUT2D eigenvalue weighted by Gasteiger charge is -2.42. The highest BCUT2D eigenvalue weighted by Gasteiger charge is 2.38. The second-order valence-corrected chi connectivity index (χ2v) is 7.29. The van der Waals surface area contributed by atoms with E-state index in [4.69, 9.17) is 0 Å². The number of amides is 1. The van der Waals surface area contributed by atoms with Gasteiger partial charge in [-0.05, 0) is 30.5 Å². The Hall–Kier alpha value is -2.95. The quantitative estimate of drug-likeness (QED) is 0.734. The van der Waals surface area contributed by atoms with Crippen molar-refractivity contribution in [1.82, 2.24) is 14.9 Å². The molecule has 0 spiro atoms. The molecular weight excluding hydrogens is 338 g/mol. The average Bonchev–Trinajstić information content (AvgIpc) is 2.68. The van der Waals surface area contributed by atoms with Gasteiger partial charge < -0.3 is 5.32 Å². The third-order valence-corrected chi connectivity index (χ3v) is 5.63. The Balaban J connectivity index is 1.38. The third kappa shape index (κ3) is 3.50. The minimum Gasteiger partial charge on any atom is -0.355 e. The number of aromatic nitrogens is 2. The van der Waals surface area contributed by atoms with Crippen molar-refractivity contribution >= 4 is 16.8 Å². The van der Waals surface area contributed by atoms with Crippen LogP contribution < -0.4 is 10.9 Å². The third-order valence-electron chi connectivity index (χ3n) is 5.63. The monoisotopic (exact) mass is 361 g/mol. The number of hydrogen-bond acceptors (Lipinski definition) is 3. The van der Waals surface area contributed by atoms with E-state index in [2.05, 4.69) is 34.6 Å². The van der Waals surface area contributed by atoms with Crippen LogP contribution in [0.1, 0.15) is 31.2 Å². The fourth-order valence-corrected chi connectivity index (χ4v) is 3.81. The van der Waals surface area contributed by atoms with Crippen LogP contribution in [0.2, 0.25) is 0 Å². The van der Waals surface area contributed by atoms with Gasteiger partial charge >= 0.3 is 0 Å². The van der Waals surface area contributed by atoms with E-state index in [1.54, 1.807) is 6.07 Å². The van der Waals surface area contributed by atoms with Gasteiger partial charge in [-0.3, -0.25) is 14.2 Å². The topological polar surface area (TPSA) is 64.0 Å². The summed E-state index contributed by atoms with van der Waals surface area (Å²) < 4.78 is 1.51. The van der Waals surface area contributed by atoms with Crippen LogP contribution in [-0.4, -0.2) is 22.0 Å². The highest BCUT2D eigenvalue weighted by atomic mass is 16.1. The zero-order valence-electron chi connectivity index (χ0n) is 15.2. The van der Waals surface area contributed by atoms with Crippen molar-refractivity contribution in [3.63, 3.8) is 0 Å². The Morgan fingerprint density at radius 1 is 1.07 bits per heavy atom. The van der Waals surface area contributed by atoms with Crippen LogP contribution in [0.5, 0.6) is 0 Å². The first kappa shape index (κ1) is 17.5. The summed E-state index contributed by atoms with van der Waals surface area (Å²) in [6.07, 6.45) is 5.19. The number of benzene rings is 2. The Morgan fingerprint density at radius 2 is 1.81 bits per heavy atom. The maximum absolute atomic E-state index is 12.5. The van der Waals surface area contributed by atoms with E-state index in [0.29, 0.717) is 24.0 Å². The van der Waals surface area contributed by atoms with Gasteiger partial charge in [0.2, 0.25) is 5.91 Å². The molecule has 0 bridgehead atoms. The van der Waals surface area contributed by atoms with Crippen LogP contribution in [0.3, 0.4) is 0 Å². The van der Waals surface area contributed by atoms with Gasteiger partial charge in [0.15, 0.2) is 0 Å². The highest BCUT2D eigenvalue weighted by molar-refractivity contribution is 5.77. The normalized spacial score (nSPS) is 15.3. The average molecular weight is 361 g/mol. The molecule has 1 aliphatic rings. The molecule has 5 heteroatoms. The largest absolute Gasteiger partial charge is 0.355 e. The molecular formula is C22H23N3O2. The maximum Gasteiger partial charge on any atom is 0.261 e. The first-order valence-electron chi connectivity index (χ1n) is 9.44. The van der Waals surface area contributed by atoms with Gasteiger partial charge in [0.05, 0.1) is 17.2 Å². The molecule has 138 valence electrons. The second kappa shape index (κ2) is 7.35. The molecule has 0 radical (unpaired) electrons. The number of fused-ring (bicyclic) bond motifs is 1. The van der Waals surface area contributed by atoms with Crippen LogP contribution >= 0.6 is 0 Å². The summed E-state index contributed by atoms with van der Waals surface area (Å²) in [5.41, 5.74) is 1.94. The summed E-state index contributed by atoms with van der Waals surface area (Å²) >= 11 is 0. The summed E-state index contributed by atoms with van der Waals surface area (Å²) in [6, 6.07) is 17.7. The predicted octanol–water partition coefficient (Wildman–Crippen LogP) is 3.02. The van der Waals surface area contributed by atoms with Gasteiger partial charge in [-0.2, -0.15) is 0 Å². The van der Waals surface area contributed by atoms with Crippen molar-refractivity contribution in [2.24, 2.45) is 0 Å². The van der Waals surface area contributed by atoms with E-state index in [9.17, 15) is 9.59 Å². The summed E-state index contributed by atoms with van der Waals surface area (Å²) in [4.78, 5) is 29.2. The van der Waals surface area contributed by atoms with E-state index in [-0.39, 0.29) is 23.3 Å². The van der Waals surface area contributed by atoms with E-state index in [1.807, 2.05) is 24.3 Å². The minimum absolute atomic E-state index is 0.0303. The number of para-hydroxylation sites is 1. The lowest BCUT2D eigenvalue weighted by atomic mass is 9.64. The number of rotatable bonds is 6. The molecule has 1 saturated carbocycles. The molecule has 1 aromatic heterocycles. The molecule has 3 aromatic rings. The number of carbonyl (C=O) groups excluding carboxylic acids is 1. The molecule has 0 aliphatic heterocycles. The number of carbonyl (C=O) groups is 1. The molecule has 0 saturated heterocycles. The maximum atomic E-state index is 12.5. The van der Waals surface area contributed by atoms with Crippen molar-refractivity contribution in [3.8, 4) is 0 Å². The predicted molar refractivity (Wildman–Crippen MR) is 106 cm³/mol. The van der Waals surface area contributed by atoms with Crippen molar-refractivity contribution in [3.05, 3.63) is 76.8 Å². The van der Waals surface area contributed by atoms with Crippen molar-refractivity contribution in [2.45, 2.75) is 37.6 Å². The Labute approximate surface area is 158 Å². The zero-order chi connectivity index (χ0) is 18.7. The Bertz CT molecular complexity index is 1010. The summed E-state index contributed by atoms with van der Waals surface area (Å²) in [6.45, 7) is 0.988. The molecule has 1 N–H and O–H groups in total. The summed E-state index contributed by atoms with van der Waals surface area (Å²) in [7, 11) is 0. The SMILES string of the molecule is O=C(CCn1cnc2ccccc2c1=O)NCC1(c2ccccc2)CCC1. The fourth-order valence-electron chi connectivity index (χ4n) is 3.81. The van der Waals surface area contributed by atoms with Crippen molar-refractivity contribution in [1.29, 1.82) is 0 Å². The number of aryl methyl sites for hydroxylation is 1. The van der Waals surface area contributed by atoms with Crippen LogP contribution in [-0.2, 0) is 16.8 Å². The van der Waals surface area contributed by atoms with Crippen LogP contribution in [0.4, 0.5) is 0 Å². The molecule has 1 amide bonds. The van der Waals surface area contributed by atoms with Crippen LogP contribution in [0, 0.1) is 0 Å². The molecule has 5 nitrogen and oxygen atoms in total. The van der Waals surface area contributed by atoms with E-state index in [1.165, 1.54) is 22.9 Å². The van der Waals surface area contributed by atoms with Gasteiger partial charge in [-0.25, -0.2) is 4.98 Å². The first-order chi connectivity index (χ1) is 13.2. The smallest absolute Gasteiger partial charge is 0.261 e. The summed E-state index contributed by atoms with van der Waals surface area (Å²) in [5.74, 6) is -0.0303. The first-order valence-corrected chi connectivity index (χ1v) is 9.44. The number of nitrogens with zero attached hydrogens (tertiary/aromatic N) is 2. The van der Waals surface area contributed by atoms with Crippen LogP contribution in [0.25, 0.3) is 10.9 Å². The standard InChI is InChI=1S/C22H23N3O2/c26-20(23-15-22(12-6-13-22)17-7-2-1-3-8-17)11-14-25-16-24-19-10-5-4-9-18(19)21(25)27/h1-5,7-10,16H,6,11-15H2,(H,23,26). The van der Waals surface area contributed by atoms with Crippen molar-refractivity contribution in [2.75, 3.05) is 6.54 Å². The van der Waals surface area contributed by atoms with Crippen molar-refractivity contribution < 1.29 is 4.79 Å². The molecule has 0 atom stereocenters. The number of hydrogen-bond donors (Lipinski definition) is 1. The minimum atomic E-state index is -0.104. The van der Waals surface area contributed by atoms with Gasteiger partial charge in [-0.1, -0.05) is 48.9 Å². The van der Waals surface area contributed by atoms with Gasteiger partial charge in [0.25, 0.3) is 5.56 Å². The van der Waals surface area contributed by atoms with E-state index < -0.39 is 0 Å². The molecule has 0 unspecified atom stereocenters. The molecule has 2 aromatic carbocycles. The van der Waals surface area contributed by atoms with E-state index in [0.717, 1.165) is 12.8 Å². The molecule has 1 fully saturated rings. The Kier molecular flexibility index (Phi) is 4.75. The fraction of sp³-hybridized carbons (Fsp3) is 0.318. The summed E-state index contributed by atoms with van der Waals surface area (Å²) in [5, 5.41) is 3.66. The lowest BCUT2D eigenvalue weighted by Crippen LogP contribution is -2.45. The zero-order valence-corrected chi connectivity index (χ0v) is 15.2. The highest BCUT2D eigenvalue weighted by Crippen LogP contribution is 2.43. The molecule has 1 heterocycles. The second-order valence-electron chi connectivity index (χ2n) is 7.29. The van der Waals surface area contributed by atoms with Crippen LogP contribution in [0.15, 0.2) is 65.7 Å². The van der Waals surface area contributed by atoms with Gasteiger partial charge in [0.1, 0.15) is 0 Å². The molecule has 27 heavy (non-hydrogen) atoms. The van der Waals surface area contributed by atoms with Gasteiger partial charge in [-0.15, -0.1) is 0 Å². The van der Waals surface area contributed by atoms with Gasteiger partial charge in [0, 0.05) is 24.9 Å². The molecule has 1 aliphatic carbocycles. The lowest BCUT2D eigenvalue weighted by molar-refractivity contribution is -0.121. The Morgan fingerprint density at radius 3 is 2.56 bits per heavy atom. The van der Waals surface area contributed by atoms with E-state index >= 15 is 0 Å².